The van der Waals surface area contributed by atoms with Crippen LogP contribution in [0.1, 0.15) is 15.2 Å². The van der Waals surface area contributed by atoms with Crippen molar-refractivity contribution in [3.8, 4) is 22.3 Å². The Morgan fingerprint density at radius 3 is 2.15 bits per heavy atom. The summed E-state index contributed by atoms with van der Waals surface area (Å²) >= 11 is 1.44. The van der Waals surface area contributed by atoms with Gasteiger partial charge in [-0.15, -0.1) is 11.3 Å². The zero-order valence-electron chi connectivity index (χ0n) is 15.2. The van der Waals surface area contributed by atoms with Gasteiger partial charge in [0.05, 0.1) is 7.11 Å². The third-order valence-corrected chi connectivity index (χ3v) is 5.14. The smallest absolute Gasteiger partial charge is 0.341 e. The molecule has 0 unspecified atom stereocenters. The second kappa shape index (κ2) is 7.72. The molecule has 3 rings (SSSR count). The van der Waals surface area contributed by atoms with Gasteiger partial charge in [0, 0.05) is 17.0 Å². The number of carbonyl (C=O) groups is 1. The van der Waals surface area contributed by atoms with Crippen LogP contribution in [0.3, 0.4) is 0 Å². The van der Waals surface area contributed by atoms with Gasteiger partial charge < -0.3 is 15.4 Å². The second-order valence-electron chi connectivity index (χ2n) is 6.31. The monoisotopic (exact) mass is 366 g/mol. The topological polar surface area (TPSA) is 55.6 Å². The fraction of sp³-hybridized carbons (Fsp3) is 0.190. The van der Waals surface area contributed by atoms with Crippen LogP contribution in [0.5, 0.6) is 0 Å². The van der Waals surface area contributed by atoms with Crippen LogP contribution in [0.15, 0.2) is 54.6 Å². The van der Waals surface area contributed by atoms with E-state index in [2.05, 4.69) is 29.2 Å². The third-order valence-electron chi connectivity index (χ3n) is 4.14. The van der Waals surface area contributed by atoms with E-state index in [0.29, 0.717) is 17.1 Å². The SMILES string of the molecule is COC(=O)c1c(N)sc(CN(C)C)c1-c1ccc(-c2ccccc2)cc1. The Balaban J connectivity index is 2.08. The molecule has 0 aliphatic carbocycles. The van der Waals surface area contributed by atoms with Crippen molar-refractivity contribution >= 4 is 22.3 Å². The number of anilines is 1. The fourth-order valence-corrected chi connectivity index (χ4v) is 4.16. The number of carbonyl (C=O) groups excluding carboxylic acids is 1. The largest absolute Gasteiger partial charge is 0.465 e. The zero-order valence-corrected chi connectivity index (χ0v) is 16.0. The Bertz CT molecular complexity index is 900. The highest BCUT2D eigenvalue weighted by atomic mass is 32.1. The number of methoxy groups -OCH3 is 1. The van der Waals surface area contributed by atoms with E-state index in [1.54, 1.807) is 0 Å². The standard InChI is InChI=1S/C21H22N2O2S/c1-23(2)13-17-18(19(20(22)26-17)21(24)25-3)16-11-9-15(10-12-16)14-7-5-4-6-8-14/h4-12H,13,22H2,1-3H3. The first-order chi connectivity index (χ1) is 12.5. The molecule has 0 radical (unpaired) electrons. The van der Waals surface area contributed by atoms with Crippen LogP contribution >= 0.6 is 11.3 Å². The number of thiophene rings is 1. The highest BCUT2D eigenvalue weighted by Crippen LogP contribution is 2.40. The molecule has 0 saturated carbocycles. The van der Waals surface area contributed by atoms with Gasteiger partial charge in [-0.3, -0.25) is 0 Å². The number of nitrogens with zero attached hydrogens (tertiary/aromatic N) is 1. The second-order valence-corrected chi connectivity index (χ2v) is 7.45. The first kappa shape index (κ1) is 18.2. The first-order valence-corrected chi connectivity index (χ1v) is 9.13. The minimum absolute atomic E-state index is 0.397. The predicted octanol–water partition coefficient (Wildman–Crippen LogP) is 4.51. The minimum Gasteiger partial charge on any atom is -0.465 e. The molecule has 0 saturated heterocycles. The maximum absolute atomic E-state index is 12.3. The maximum atomic E-state index is 12.3. The summed E-state index contributed by atoms with van der Waals surface area (Å²) in [5, 5.41) is 0.496. The Morgan fingerprint density at radius 2 is 1.58 bits per heavy atom. The van der Waals surface area contributed by atoms with Crippen LogP contribution in [-0.2, 0) is 11.3 Å². The van der Waals surface area contributed by atoms with Gasteiger partial charge in [-0.1, -0.05) is 54.6 Å². The molecule has 26 heavy (non-hydrogen) atoms. The van der Waals surface area contributed by atoms with Gasteiger partial charge in [-0.25, -0.2) is 4.79 Å². The van der Waals surface area contributed by atoms with Gasteiger partial charge in [0.2, 0.25) is 0 Å². The van der Waals surface area contributed by atoms with Crippen molar-refractivity contribution in [1.29, 1.82) is 0 Å². The quantitative estimate of drug-likeness (QED) is 0.675. The highest BCUT2D eigenvalue weighted by Gasteiger charge is 2.24. The molecule has 5 heteroatoms. The van der Waals surface area contributed by atoms with E-state index in [1.807, 2.05) is 44.4 Å². The molecule has 1 heterocycles. The molecule has 3 aromatic rings. The summed E-state index contributed by atoms with van der Waals surface area (Å²) in [5.74, 6) is -0.397. The van der Waals surface area contributed by atoms with Crippen molar-refractivity contribution in [1.82, 2.24) is 4.90 Å². The fourth-order valence-electron chi connectivity index (χ4n) is 2.97. The van der Waals surface area contributed by atoms with E-state index in [4.69, 9.17) is 10.5 Å². The van der Waals surface area contributed by atoms with Gasteiger partial charge in [0.15, 0.2) is 0 Å². The lowest BCUT2D eigenvalue weighted by atomic mass is 9.97. The Hall–Kier alpha value is -2.63. The molecule has 1 aromatic heterocycles. The molecule has 0 aliphatic rings. The van der Waals surface area contributed by atoms with Crippen LogP contribution in [0.4, 0.5) is 5.00 Å². The van der Waals surface area contributed by atoms with Gasteiger partial charge in [0.1, 0.15) is 10.6 Å². The van der Waals surface area contributed by atoms with Crippen LogP contribution in [0.25, 0.3) is 22.3 Å². The summed E-state index contributed by atoms with van der Waals surface area (Å²) in [5.41, 5.74) is 10.7. The number of nitrogens with two attached hydrogens (primary N) is 1. The van der Waals surface area contributed by atoms with E-state index in [0.717, 1.165) is 27.1 Å². The Labute approximate surface area is 157 Å². The highest BCUT2D eigenvalue weighted by molar-refractivity contribution is 7.17. The van der Waals surface area contributed by atoms with Crippen molar-refractivity contribution < 1.29 is 9.53 Å². The average molecular weight is 366 g/mol. The summed E-state index contributed by atoms with van der Waals surface area (Å²) in [7, 11) is 5.37. The molecule has 0 fully saturated rings. The van der Waals surface area contributed by atoms with Crippen molar-refractivity contribution in [2.45, 2.75) is 6.54 Å². The third kappa shape index (κ3) is 3.64. The number of nitrogen functional groups attached to an aromatic ring is 1. The first-order valence-electron chi connectivity index (χ1n) is 8.31. The van der Waals surface area contributed by atoms with Crippen LogP contribution in [0, 0.1) is 0 Å². The zero-order chi connectivity index (χ0) is 18.7. The molecule has 0 atom stereocenters. The lowest BCUT2D eigenvalue weighted by molar-refractivity contribution is 0.0603. The van der Waals surface area contributed by atoms with Crippen LogP contribution in [-0.4, -0.2) is 32.1 Å². The van der Waals surface area contributed by atoms with E-state index in [9.17, 15) is 4.79 Å². The van der Waals surface area contributed by atoms with E-state index in [1.165, 1.54) is 18.4 Å². The van der Waals surface area contributed by atoms with E-state index >= 15 is 0 Å². The molecule has 0 bridgehead atoms. The number of benzene rings is 2. The molecule has 2 N–H and O–H groups in total. The van der Waals surface area contributed by atoms with Gasteiger partial charge in [-0.2, -0.15) is 0 Å². The number of ether oxygens (including phenoxy) is 1. The lowest BCUT2D eigenvalue weighted by Gasteiger charge is -2.12. The molecule has 2 aromatic carbocycles. The molecule has 0 amide bonds. The van der Waals surface area contributed by atoms with Crippen LogP contribution < -0.4 is 5.73 Å². The number of hydrogen-bond donors (Lipinski definition) is 1. The normalized spacial score (nSPS) is 10.9. The minimum atomic E-state index is -0.397. The lowest BCUT2D eigenvalue weighted by Crippen LogP contribution is -2.11. The number of esters is 1. The number of hydrogen-bond acceptors (Lipinski definition) is 5. The molecule has 0 aliphatic heterocycles. The summed E-state index contributed by atoms with van der Waals surface area (Å²) in [6.45, 7) is 0.710. The van der Waals surface area contributed by atoms with Crippen molar-refractivity contribution in [2.24, 2.45) is 0 Å². The maximum Gasteiger partial charge on any atom is 0.341 e. The summed E-state index contributed by atoms with van der Waals surface area (Å²) in [6, 6.07) is 18.4. The average Bonchev–Trinajstić information content (AvgIpc) is 2.97. The van der Waals surface area contributed by atoms with Gasteiger partial charge >= 0.3 is 5.97 Å². The number of rotatable bonds is 5. The summed E-state index contributed by atoms with van der Waals surface area (Å²) < 4.78 is 4.96. The molecule has 0 spiro atoms. The van der Waals surface area contributed by atoms with Gasteiger partial charge in [-0.05, 0) is 30.8 Å². The molecule has 4 nitrogen and oxygen atoms in total. The van der Waals surface area contributed by atoms with Crippen LogP contribution in [0.2, 0.25) is 0 Å². The molecular weight excluding hydrogens is 344 g/mol. The summed E-state index contributed by atoms with van der Waals surface area (Å²) in [4.78, 5) is 15.4. The van der Waals surface area contributed by atoms with E-state index < -0.39 is 5.97 Å². The molecule has 134 valence electrons. The van der Waals surface area contributed by atoms with Crippen molar-refractivity contribution in [3.05, 3.63) is 65.0 Å². The molecular formula is C21H22N2O2S. The van der Waals surface area contributed by atoms with Gasteiger partial charge in [0.25, 0.3) is 0 Å². The van der Waals surface area contributed by atoms with Crippen molar-refractivity contribution in [3.63, 3.8) is 0 Å². The summed E-state index contributed by atoms with van der Waals surface area (Å²) in [6.07, 6.45) is 0. The Morgan fingerprint density at radius 1 is 1.00 bits per heavy atom. The van der Waals surface area contributed by atoms with Crippen molar-refractivity contribution in [2.75, 3.05) is 26.9 Å². The predicted molar refractivity (Wildman–Crippen MR) is 108 cm³/mol. The van der Waals surface area contributed by atoms with E-state index in [-0.39, 0.29) is 0 Å². The Kier molecular flexibility index (Phi) is 5.40.